The summed E-state index contributed by atoms with van der Waals surface area (Å²) in [6.07, 6.45) is 4.14. The van der Waals surface area contributed by atoms with Gasteiger partial charge in [-0.25, -0.2) is 0 Å². The molecule has 0 aromatic heterocycles. The monoisotopic (exact) mass is 247 g/mol. The van der Waals surface area contributed by atoms with E-state index in [4.69, 9.17) is 0 Å². The average Bonchev–Trinajstić information content (AvgIpc) is 3.11. The highest BCUT2D eigenvalue weighted by atomic mass is 32.2. The molecule has 1 aromatic carbocycles. The zero-order chi connectivity index (χ0) is 11.7. The van der Waals surface area contributed by atoms with Gasteiger partial charge in [0, 0.05) is 23.1 Å². The summed E-state index contributed by atoms with van der Waals surface area (Å²) in [5, 5.41) is 4.74. The standard InChI is InChI=1S/C15H21NS/c1-11-9-14(10-17-11)16-15(13-7-8-13)12-5-3-2-4-6-12/h2-6,11,13-16H,7-10H2,1H3. The van der Waals surface area contributed by atoms with E-state index in [9.17, 15) is 0 Å². The van der Waals surface area contributed by atoms with Crippen molar-refractivity contribution in [3.63, 3.8) is 0 Å². The van der Waals surface area contributed by atoms with Crippen molar-refractivity contribution < 1.29 is 0 Å². The molecular formula is C15H21NS. The summed E-state index contributed by atoms with van der Waals surface area (Å²) in [7, 11) is 0. The maximum Gasteiger partial charge on any atom is 0.0351 e. The first kappa shape index (κ1) is 11.6. The van der Waals surface area contributed by atoms with Crippen LogP contribution >= 0.6 is 11.8 Å². The SMILES string of the molecule is CC1CC(NC(c2ccccc2)C2CC2)CS1. The van der Waals surface area contributed by atoms with Crippen molar-refractivity contribution in [3.05, 3.63) is 35.9 Å². The van der Waals surface area contributed by atoms with Gasteiger partial charge >= 0.3 is 0 Å². The molecule has 3 rings (SSSR count). The van der Waals surface area contributed by atoms with Crippen LogP contribution < -0.4 is 5.32 Å². The Kier molecular flexibility index (Phi) is 3.44. The van der Waals surface area contributed by atoms with E-state index in [0.29, 0.717) is 6.04 Å². The second kappa shape index (κ2) is 5.03. The number of hydrogen-bond donors (Lipinski definition) is 1. The number of benzene rings is 1. The van der Waals surface area contributed by atoms with Crippen LogP contribution in [0.3, 0.4) is 0 Å². The molecule has 1 N–H and O–H groups in total. The Morgan fingerprint density at radius 1 is 1.24 bits per heavy atom. The van der Waals surface area contributed by atoms with Crippen LogP contribution in [0.1, 0.15) is 37.8 Å². The normalized spacial score (nSPS) is 30.4. The molecule has 1 saturated heterocycles. The second-order valence-electron chi connectivity index (χ2n) is 5.47. The second-order valence-corrected chi connectivity index (χ2v) is 6.94. The molecule has 0 amide bonds. The summed E-state index contributed by atoms with van der Waals surface area (Å²) >= 11 is 2.11. The van der Waals surface area contributed by atoms with E-state index in [1.54, 1.807) is 0 Å². The van der Waals surface area contributed by atoms with Gasteiger partial charge in [-0.2, -0.15) is 11.8 Å². The van der Waals surface area contributed by atoms with E-state index in [-0.39, 0.29) is 0 Å². The van der Waals surface area contributed by atoms with Crippen LogP contribution in [-0.4, -0.2) is 17.0 Å². The number of hydrogen-bond acceptors (Lipinski definition) is 2. The molecule has 17 heavy (non-hydrogen) atoms. The molecule has 2 fully saturated rings. The van der Waals surface area contributed by atoms with Gasteiger partial charge in [-0.05, 0) is 30.7 Å². The molecule has 0 radical (unpaired) electrons. The van der Waals surface area contributed by atoms with Crippen LogP contribution in [0.15, 0.2) is 30.3 Å². The van der Waals surface area contributed by atoms with Crippen LogP contribution in [0.25, 0.3) is 0 Å². The molecule has 2 aliphatic rings. The molecule has 3 atom stereocenters. The number of thioether (sulfide) groups is 1. The van der Waals surface area contributed by atoms with Crippen LogP contribution in [0.5, 0.6) is 0 Å². The van der Waals surface area contributed by atoms with Gasteiger partial charge in [-0.1, -0.05) is 37.3 Å². The van der Waals surface area contributed by atoms with Crippen LogP contribution in [0.4, 0.5) is 0 Å². The van der Waals surface area contributed by atoms with Crippen molar-refractivity contribution in [3.8, 4) is 0 Å². The molecule has 92 valence electrons. The minimum Gasteiger partial charge on any atom is -0.306 e. The fraction of sp³-hybridized carbons (Fsp3) is 0.600. The lowest BCUT2D eigenvalue weighted by molar-refractivity contribution is 0.416. The summed E-state index contributed by atoms with van der Waals surface area (Å²) < 4.78 is 0. The number of rotatable bonds is 4. The zero-order valence-corrected chi connectivity index (χ0v) is 11.2. The first-order valence-electron chi connectivity index (χ1n) is 6.75. The maximum atomic E-state index is 3.90. The highest BCUT2D eigenvalue weighted by Crippen LogP contribution is 2.42. The summed E-state index contributed by atoms with van der Waals surface area (Å²) in [6.45, 7) is 2.35. The highest BCUT2D eigenvalue weighted by Gasteiger charge is 2.34. The van der Waals surface area contributed by atoms with Gasteiger partial charge in [-0.3, -0.25) is 0 Å². The third-order valence-electron chi connectivity index (χ3n) is 3.87. The molecular weight excluding hydrogens is 226 g/mol. The predicted octanol–water partition coefficient (Wildman–Crippen LogP) is 3.62. The third-order valence-corrected chi connectivity index (χ3v) is 5.22. The summed E-state index contributed by atoms with van der Waals surface area (Å²) in [4.78, 5) is 0. The summed E-state index contributed by atoms with van der Waals surface area (Å²) in [5.41, 5.74) is 1.49. The molecule has 0 bridgehead atoms. The van der Waals surface area contributed by atoms with Gasteiger partial charge < -0.3 is 5.32 Å². The average molecular weight is 247 g/mol. The molecule has 1 aliphatic heterocycles. The molecule has 1 aromatic rings. The third kappa shape index (κ3) is 2.86. The smallest absolute Gasteiger partial charge is 0.0351 e. The van der Waals surface area contributed by atoms with Gasteiger partial charge in [-0.15, -0.1) is 0 Å². The minimum absolute atomic E-state index is 0.604. The largest absolute Gasteiger partial charge is 0.306 e. The molecule has 1 nitrogen and oxygen atoms in total. The Bertz CT molecular complexity index is 360. The Morgan fingerprint density at radius 2 is 2.00 bits per heavy atom. The Morgan fingerprint density at radius 3 is 2.59 bits per heavy atom. The van der Waals surface area contributed by atoms with E-state index in [1.807, 2.05) is 0 Å². The molecule has 2 heteroatoms. The fourth-order valence-electron chi connectivity index (χ4n) is 2.78. The number of nitrogens with one attached hydrogen (secondary N) is 1. The zero-order valence-electron chi connectivity index (χ0n) is 10.4. The van der Waals surface area contributed by atoms with E-state index in [0.717, 1.165) is 17.2 Å². The molecule has 1 heterocycles. The van der Waals surface area contributed by atoms with Crippen LogP contribution in [0, 0.1) is 5.92 Å². The Balaban J connectivity index is 1.68. The van der Waals surface area contributed by atoms with Crippen LogP contribution in [-0.2, 0) is 0 Å². The molecule has 3 unspecified atom stereocenters. The van der Waals surface area contributed by atoms with Gasteiger partial charge in [0.2, 0.25) is 0 Å². The molecule has 1 aliphatic carbocycles. The first-order chi connectivity index (χ1) is 8.33. The summed E-state index contributed by atoms with van der Waals surface area (Å²) in [5.74, 6) is 2.18. The fourth-order valence-corrected chi connectivity index (χ4v) is 3.94. The van der Waals surface area contributed by atoms with Crippen molar-refractivity contribution in [2.45, 2.75) is 43.5 Å². The minimum atomic E-state index is 0.604. The van der Waals surface area contributed by atoms with Gasteiger partial charge in [0.15, 0.2) is 0 Å². The molecule has 1 saturated carbocycles. The highest BCUT2D eigenvalue weighted by molar-refractivity contribution is 8.00. The Labute approximate surface area is 108 Å². The van der Waals surface area contributed by atoms with E-state index in [2.05, 4.69) is 54.3 Å². The van der Waals surface area contributed by atoms with E-state index >= 15 is 0 Å². The topological polar surface area (TPSA) is 12.0 Å². The van der Waals surface area contributed by atoms with E-state index < -0.39 is 0 Å². The van der Waals surface area contributed by atoms with Gasteiger partial charge in [0.25, 0.3) is 0 Å². The Hall–Kier alpha value is -0.470. The first-order valence-corrected chi connectivity index (χ1v) is 7.80. The van der Waals surface area contributed by atoms with Gasteiger partial charge in [0.1, 0.15) is 0 Å². The van der Waals surface area contributed by atoms with Crippen molar-refractivity contribution in [2.24, 2.45) is 5.92 Å². The quantitative estimate of drug-likeness (QED) is 0.872. The lowest BCUT2D eigenvalue weighted by Gasteiger charge is -2.23. The van der Waals surface area contributed by atoms with E-state index in [1.165, 1.54) is 30.6 Å². The van der Waals surface area contributed by atoms with Crippen LogP contribution in [0.2, 0.25) is 0 Å². The molecule has 0 spiro atoms. The lowest BCUT2D eigenvalue weighted by Crippen LogP contribution is -2.34. The van der Waals surface area contributed by atoms with Gasteiger partial charge in [0.05, 0.1) is 0 Å². The van der Waals surface area contributed by atoms with Crippen molar-refractivity contribution in [1.82, 2.24) is 5.32 Å². The maximum absolute atomic E-state index is 3.90. The van der Waals surface area contributed by atoms with Crippen molar-refractivity contribution >= 4 is 11.8 Å². The van der Waals surface area contributed by atoms with Crippen molar-refractivity contribution in [1.29, 1.82) is 0 Å². The van der Waals surface area contributed by atoms with Crippen molar-refractivity contribution in [2.75, 3.05) is 5.75 Å². The summed E-state index contributed by atoms with van der Waals surface area (Å²) in [6, 6.07) is 12.3. The predicted molar refractivity (Wildman–Crippen MR) is 75.4 cm³/mol. The lowest BCUT2D eigenvalue weighted by atomic mass is 10.0.